The number of unbranched alkanes of at least 4 members (excludes halogenated alkanes) is 1. The molecule has 0 bridgehead atoms. The molecule has 78 valence electrons. The van der Waals surface area contributed by atoms with Crippen LogP contribution in [0.1, 0.15) is 46.0 Å². The number of piperidine rings is 1. The van der Waals surface area contributed by atoms with Gasteiger partial charge >= 0.3 is 0 Å². The third-order valence-electron chi connectivity index (χ3n) is 3.48. The summed E-state index contributed by atoms with van der Waals surface area (Å²) in [5, 5.41) is 0. The van der Waals surface area contributed by atoms with Crippen LogP contribution >= 0.6 is 0 Å². The lowest BCUT2D eigenvalue weighted by atomic mass is 9.84. The fraction of sp³-hybridized carbons (Fsp3) is 1.00. The molecule has 1 aliphatic rings. The van der Waals surface area contributed by atoms with Gasteiger partial charge in [0.2, 0.25) is 0 Å². The van der Waals surface area contributed by atoms with Crippen molar-refractivity contribution in [1.29, 1.82) is 0 Å². The highest BCUT2D eigenvalue weighted by Gasteiger charge is 2.21. The zero-order chi connectivity index (χ0) is 9.68. The molecule has 0 aromatic rings. The van der Waals surface area contributed by atoms with E-state index in [9.17, 15) is 0 Å². The van der Waals surface area contributed by atoms with Crippen LogP contribution in [0.3, 0.4) is 0 Å². The second kappa shape index (κ2) is 5.64. The first-order chi connectivity index (χ1) is 6.24. The Morgan fingerprint density at radius 3 is 2.85 bits per heavy atom. The standard InChI is InChI=1S/C12H25N/c1-4-5-7-11(2)12-8-6-9-13(3)10-12/h11-12H,4-10H2,1-3H3. The first-order valence-corrected chi connectivity index (χ1v) is 5.92. The van der Waals surface area contributed by atoms with Crippen LogP contribution in [0.2, 0.25) is 0 Å². The molecule has 1 fully saturated rings. The molecule has 1 aliphatic heterocycles. The normalized spacial score (nSPS) is 27.5. The van der Waals surface area contributed by atoms with Crippen LogP contribution in [0.5, 0.6) is 0 Å². The van der Waals surface area contributed by atoms with Gasteiger partial charge in [0, 0.05) is 6.54 Å². The lowest BCUT2D eigenvalue weighted by Gasteiger charge is -2.33. The quantitative estimate of drug-likeness (QED) is 0.647. The molecule has 1 heteroatoms. The van der Waals surface area contributed by atoms with E-state index in [1.807, 2.05) is 0 Å². The number of nitrogens with zero attached hydrogens (tertiary/aromatic N) is 1. The Kier molecular flexibility index (Phi) is 4.79. The van der Waals surface area contributed by atoms with Crippen molar-refractivity contribution in [1.82, 2.24) is 4.90 Å². The zero-order valence-electron chi connectivity index (χ0n) is 9.55. The van der Waals surface area contributed by atoms with Crippen LogP contribution in [0.15, 0.2) is 0 Å². The van der Waals surface area contributed by atoms with Gasteiger partial charge in [0.1, 0.15) is 0 Å². The zero-order valence-corrected chi connectivity index (χ0v) is 9.55. The van der Waals surface area contributed by atoms with Crippen LogP contribution in [-0.2, 0) is 0 Å². The first kappa shape index (κ1) is 11.0. The molecule has 1 rings (SSSR count). The third-order valence-corrected chi connectivity index (χ3v) is 3.48. The summed E-state index contributed by atoms with van der Waals surface area (Å²) < 4.78 is 0. The topological polar surface area (TPSA) is 3.24 Å². The van der Waals surface area contributed by atoms with E-state index in [4.69, 9.17) is 0 Å². The second-order valence-corrected chi connectivity index (χ2v) is 4.78. The maximum atomic E-state index is 2.50. The van der Waals surface area contributed by atoms with Gasteiger partial charge in [-0.15, -0.1) is 0 Å². The monoisotopic (exact) mass is 183 g/mol. The van der Waals surface area contributed by atoms with Gasteiger partial charge < -0.3 is 4.90 Å². The summed E-state index contributed by atoms with van der Waals surface area (Å²) in [5.41, 5.74) is 0. The van der Waals surface area contributed by atoms with Crippen molar-refractivity contribution in [3.05, 3.63) is 0 Å². The lowest BCUT2D eigenvalue weighted by molar-refractivity contribution is 0.160. The van der Waals surface area contributed by atoms with Crippen LogP contribution < -0.4 is 0 Å². The average Bonchev–Trinajstić information content (AvgIpc) is 2.14. The lowest BCUT2D eigenvalue weighted by Crippen LogP contribution is -2.35. The molecule has 1 nitrogen and oxygen atoms in total. The van der Waals surface area contributed by atoms with E-state index in [-0.39, 0.29) is 0 Å². The predicted molar refractivity (Wildman–Crippen MR) is 58.9 cm³/mol. The average molecular weight is 183 g/mol. The van der Waals surface area contributed by atoms with Gasteiger partial charge in [-0.3, -0.25) is 0 Å². The van der Waals surface area contributed by atoms with E-state index < -0.39 is 0 Å². The maximum absolute atomic E-state index is 2.50. The Morgan fingerprint density at radius 2 is 2.23 bits per heavy atom. The third kappa shape index (κ3) is 3.68. The molecule has 0 aromatic heterocycles. The molecule has 1 heterocycles. The Balaban J connectivity index is 2.24. The molecular formula is C12H25N. The summed E-state index contributed by atoms with van der Waals surface area (Å²) in [6, 6.07) is 0. The van der Waals surface area contributed by atoms with Crippen LogP contribution in [0.25, 0.3) is 0 Å². The highest BCUT2D eigenvalue weighted by molar-refractivity contribution is 4.74. The van der Waals surface area contributed by atoms with E-state index in [1.54, 1.807) is 0 Å². The highest BCUT2D eigenvalue weighted by Crippen LogP contribution is 2.26. The smallest absolute Gasteiger partial charge is 0.000916 e. The van der Waals surface area contributed by atoms with Crippen molar-refractivity contribution in [2.45, 2.75) is 46.0 Å². The number of rotatable bonds is 4. The summed E-state index contributed by atoms with van der Waals surface area (Å²) in [4.78, 5) is 2.50. The van der Waals surface area contributed by atoms with Gasteiger partial charge in [0.15, 0.2) is 0 Å². The van der Waals surface area contributed by atoms with Gasteiger partial charge in [0.25, 0.3) is 0 Å². The molecule has 0 amide bonds. The van der Waals surface area contributed by atoms with E-state index in [0.29, 0.717) is 0 Å². The van der Waals surface area contributed by atoms with Crippen LogP contribution in [-0.4, -0.2) is 25.0 Å². The van der Waals surface area contributed by atoms with Gasteiger partial charge in [0.05, 0.1) is 0 Å². The van der Waals surface area contributed by atoms with E-state index in [0.717, 1.165) is 11.8 Å². The molecule has 0 spiro atoms. The predicted octanol–water partition coefficient (Wildman–Crippen LogP) is 3.15. The van der Waals surface area contributed by atoms with E-state index >= 15 is 0 Å². The van der Waals surface area contributed by atoms with Crippen molar-refractivity contribution < 1.29 is 0 Å². The molecule has 0 N–H and O–H groups in total. The second-order valence-electron chi connectivity index (χ2n) is 4.78. The summed E-state index contributed by atoms with van der Waals surface area (Å²) >= 11 is 0. The molecule has 2 unspecified atom stereocenters. The summed E-state index contributed by atoms with van der Waals surface area (Å²) in [6.45, 7) is 7.39. The summed E-state index contributed by atoms with van der Waals surface area (Å²) in [6.07, 6.45) is 7.09. The molecule has 1 saturated heterocycles. The van der Waals surface area contributed by atoms with E-state index in [1.165, 1.54) is 45.2 Å². The minimum absolute atomic E-state index is 0.947. The molecule has 0 aliphatic carbocycles. The van der Waals surface area contributed by atoms with Gasteiger partial charge in [-0.2, -0.15) is 0 Å². The molecular weight excluding hydrogens is 158 g/mol. The van der Waals surface area contributed by atoms with Gasteiger partial charge in [-0.05, 0) is 38.3 Å². The minimum Gasteiger partial charge on any atom is -0.306 e. The fourth-order valence-corrected chi connectivity index (χ4v) is 2.43. The van der Waals surface area contributed by atoms with Crippen molar-refractivity contribution >= 4 is 0 Å². The van der Waals surface area contributed by atoms with Crippen LogP contribution in [0.4, 0.5) is 0 Å². The summed E-state index contributed by atoms with van der Waals surface area (Å²) in [7, 11) is 2.26. The Morgan fingerprint density at radius 1 is 1.46 bits per heavy atom. The van der Waals surface area contributed by atoms with Gasteiger partial charge in [-0.25, -0.2) is 0 Å². The van der Waals surface area contributed by atoms with Crippen molar-refractivity contribution in [2.24, 2.45) is 11.8 Å². The molecule has 0 radical (unpaired) electrons. The first-order valence-electron chi connectivity index (χ1n) is 5.92. The largest absolute Gasteiger partial charge is 0.306 e. The fourth-order valence-electron chi connectivity index (χ4n) is 2.43. The Hall–Kier alpha value is -0.0400. The minimum atomic E-state index is 0.947. The van der Waals surface area contributed by atoms with Crippen molar-refractivity contribution in [3.8, 4) is 0 Å². The summed E-state index contributed by atoms with van der Waals surface area (Å²) in [5.74, 6) is 1.92. The molecule has 0 saturated carbocycles. The maximum Gasteiger partial charge on any atom is 0.000916 e. The van der Waals surface area contributed by atoms with Gasteiger partial charge in [-0.1, -0.05) is 33.1 Å². The van der Waals surface area contributed by atoms with Crippen molar-refractivity contribution in [3.63, 3.8) is 0 Å². The van der Waals surface area contributed by atoms with Crippen molar-refractivity contribution in [2.75, 3.05) is 20.1 Å². The molecule has 2 atom stereocenters. The molecule has 13 heavy (non-hydrogen) atoms. The van der Waals surface area contributed by atoms with Crippen LogP contribution in [0, 0.1) is 11.8 Å². The SMILES string of the molecule is CCCCC(C)C1CCCN(C)C1. The number of hydrogen-bond donors (Lipinski definition) is 0. The molecule has 0 aromatic carbocycles. The highest BCUT2D eigenvalue weighted by atomic mass is 15.1. The Labute approximate surface area is 83.5 Å². The number of likely N-dealkylation sites (tertiary alicyclic amines) is 1. The number of hydrogen-bond acceptors (Lipinski definition) is 1. The van der Waals surface area contributed by atoms with E-state index in [2.05, 4.69) is 25.8 Å². The Bertz CT molecular complexity index is 133.